The molecule has 12 heteroatoms. The molecule has 2 fully saturated rings. The lowest BCUT2D eigenvalue weighted by atomic mass is 9.96. The molecule has 1 aromatic heterocycles. The molecule has 124 valence electrons. The number of nitrogens with one attached hydrogen (secondary N) is 1. The van der Waals surface area contributed by atoms with E-state index >= 15 is 0 Å². The Balaban J connectivity index is 1.69. The summed E-state index contributed by atoms with van der Waals surface area (Å²) in [5.41, 5.74) is 0. The lowest BCUT2D eigenvalue weighted by Gasteiger charge is -2.43. The number of aliphatic carboxylic acids is 1. The summed E-state index contributed by atoms with van der Waals surface area (Å²) in [6.07, 6.45) is 1.28. The van der Waals surface area contributed by atoms with E-state index in [9.17, 15) is 19.5 Å². The van der Waals surface area contributed by atoms with Crippen molar-refractivity contribution in [3.63, 3.8) is 0 Å². The fourth-order valence-corrected chi connectivity index (χ4v) is 4.71. The highest BCUT2D eigenvalue weighted by atomic mass is 35.5. The molecule has 0 aliphatic carbocycles. The number of alkyl halides is 1. The highest BCUT2D eigenvalue weighted by molar-refractivity contribution is 8.01. The van der Waals surface area contributed by atoms with Gasteiger partial charge in [0, 0.05) is 5.88 Å². The number of carbonyl (C=O) groups excluding carboxylic acids is 2. The van der Waals surface area contributed by atoms with Crippen LogP contribution in [-0.2, 0) is 20.9 Å². The number of thioether (sulfide) groups is 1. The van der Waals surface area contributed by atoms with Gasteiger partial charge in [0.05, 0.1) is 4.75 Å². The molecule has 4 unspecified atom stereocenters. The highest BCUT2D eigenvalue weighted by Crippen LogP contribution is 2.51. The van der Waals surface area contributed by atoms with Crippen LogP contribution in [0, 0.1) is 0 Å². The standard InChI is InChI=1S/C11H13ClN6O4S/c1-11(3-12)7(10(21)22)18-8(20)6(9(18)23-11)14-5(19)2-17-4-13-15-16-17/h4,6-7,9H,2-3H2,1H3,(H,14,19)(H,21,22). The van der Waals surface area contributed by atoms with Crippen molar-refractivity contribution in [2.24, 2.45) is 0 Å². The summed E-state index contributed by atoms with van der Waals surface area (Å²) in [4.78, 5) is 36.9. The third kappa shape index (κ3) is 2.53. The molecule has 2 saturated heterocycles. The second kappa shape index (κ2) is 5.64. The zero-order chi connectivity index (χ0) is 16.8. The van der Waals surface area contributed by atoms with Gasteiger partial charge in [-0.1, -0.05) is 0 Å². The number of fused-ring (bicyclic) bond motifs is 1. The number of halogens is 1. The van der Waals surface area contributed by atoms with Crippen LogP contribution in [0.2, 0.25) is 0 Å². The van der Waals surface area contributed by atoms with Gasteiger partial charge in [0.15, 0.2) is 0 Å². The van der Waals surface area contributed by atoms with Crippen LogP contribution in [-0.4, -0.2) is 76.1 Å². The minimum Gasteiger partial charge on any atom is -0.480 e. The summed E-state index contributed by atoms with van der Waals surface area (Å²) in [5.74, 6) is -1.87. The van der Waals surface area contributed by atoms with Gasteiger partial charge < -0.3 is 15.3 Å². The molecule has 4 atom stereocenters. The van der Waals surface area contributed by atoms with Crippen molar-refractivity contribution in [3.05, 3.63) is 6.33 Å². The SMILES string of the molecule is CC1(CCl)SC2C(NC(=O)Cn3cnnn3)C(=O)N2C1C(=O)O. The molecule has 1 aromatic rings. The van der Waals surface area contributed by atoms with Crippen LogP contribution in [0.25, 0.3) is 0 Å². The second-order valence-corrected chi connectivity index (χ2v) is 7.41. The van der Waals surface area contributed by atoms with Crippen LogP contribution in [0.4, 0.5) is 0 Å². The van der Waals surface area contributed by atoms with Gasteiger partial charge in [-0.15, -0.1) is 28.5 Å². The molecule has 3 heterocycles. The third-order valence-electron chi connectivity index (χ3n) is 3.84. The topological polar surface area (TPSA) is 130 Å². The van der Waals surface area contributed by atoms with E-state index in [-0.39, 0.29) is 12.4 Å². The lowest BCUT2D eigenvalue weighted by Crippen LogP contribution is -2.71. The van der Waals surface area contributed by atoms with Crippen LogP contribution in [0.3, 0.4) is 0 Å². The van der Waals surface area contributed by atoms with Crippen LogP contribution >= 0.6 is 23.4 Å². The average molecular weight is 361 g/mol. The number of hydrogen-bond acceptors (Lipinski definition) is 7. The molecule has 10 nitrogen and oxygen atoms in total. The van der Waals surface area contributed by atoms with E-state index < -0.39 is 40.0 Å². The molecule has 3 rings (SSSR count). The number of rotatable bonds is 5. The Morgan fingerprint density at radius 3 is 2.87 bits per heavy atom. The number of carboxylic acid groups (broad SMARTS) is 1. The molecule has 0 bridgehead atoms. The Labute approximate surface area is 139 Å². The predicted octanol–water partition coefficient (Wildman–Crippen LogP) is -1.48. The van der Waals surface area contributed by atoms with Crippen molar-refractivity contribution < 1.29 is 19.5 Å². The van der Waals surface area contributed by atoms with Crippen molar-refractivity contribution in [2.75, 3.05) is 5.88 Å². The molecule has 2 aliphatic rings. The molecular weight excluding hydrogens is 348 g/mol. The summed E-state index contributed by atoms with van der Waals surface area (Å²) in [5, 5.41) is 21.9. The summed E-state index contributed by atoms with van der Waals surface area (Å²) in [6, 6.07) is -1.77. The molecule has 2 amide bonds. The monoisotopic (exact) mass is 360 g/mol. The van der Waals surface area contributed by atoms with E-state index in [4.69, 9.17) is 11.6 Å². The first kappa shape index (κ1) is 16.0. The summed E-state index contributed by atoms with van der Waals surface area (Å²) >= 11 is 7.20. The van der Waals surface area contributed by atoms with Crippen molar-refractivity contribution in [1.82, 2.24) is 30.4 Å². The van der Waals surface area contributed by atoms with Crippen molar-refractivity contribution in [3.8, 4) is 0 Å². The first-order valence-corrected chi connectivity index (χ1v) is 8.08. The summed E-state index contributed by atoms with van der Waals surface area (Å²) in [6.45, 7) is 1.58. The zero-order valence-corrected chi connectivity index (χ0v) is 13.5. The van der Waals surface area contributed by atoms with Crippen LogP contribution < -0.4 is 5.32 Å². The smallest absolute Gasteiger partial charge is 0.327 e. The van der Waals surface area contributed by atoms with E-state index in [1.165, 1.54) is 27.7 Å². The van der Waals surface area contributed by atoms with Crippen LogP contribution in [0.1, 0.15) is 6.92 Å². The van der Waals surface area contributed by atoms with Gasteiger partial charge in [-0.05, 0) is 17.4 Å². The molecule has 0 spiro atoms. The molecule has 0 aromatic carbocycles. The maximum atomic E-state index is 12.2. The number of β-lactam (4-membered cyclic amide) rings is 1. The average Bonchev–Trinajstić information content (AvgIpc) is 3.09. The van der Waals surface area contributed by atoms with E-state index in [2.05, 4.69) is 20.8 Å². The van der Waals surface area contributed by atoms with Crippen molar-refractivity contribution >= 4 is 41.1 Å². The Morgan fingerprint density at radius 1 is 1.57 bits per heavy atom. The van der Waals surface area contributed by atoms with E-state index in [1.807, 2.05) is 0 Å². The van der Waals surface area contributed by atoms with Gasteiger partial charge in [0.1, 0.15) is 30.3 Å². The highest BCUT2D eigenvalue weighted by Gasteiger charge is 2.65. The van der Waals surface area contributed by atoms with Crippen LogP contribution in [0.15, 0.2) is 6.33 Å². The first-order chi connectivity index (χ1) is 10.9. The Kier molecular flexibility index (Phi) is 3.92. The number of carbonyl (C=O) groups is 3. The molecule has 0 radical (unpaired) electrons. The van der Waals surface area contributed by atoms with Gasteiger partial charge in [0.2, 0.25) is 11.8 Å². The molecule has 2 N–H and O–H groups in total. The maximum absolute atomic E-state index is 12.2. The molecule has 2 aliphatic heterocycles. The Morgan fingerprint density at radius 2 is 2.30 bits per heavy atom. The minimum absolute atomic E-state index is 0.0835. The van der Waals surface area contributed by atoms with Crippen LogP contribution in [0.5, 0.6) is 0 Å². The van der Waals surface area contributed by atoms with Crippen molar-refractivity contribution in [1.29, 1.82) is 0 Å². The lowest BCUT2D eigenvalue weighted by molar-refractivity contribution is -0.161. The number of nitrogens with zero attached hydrogens (tertiary/aromatic N) is 5. The van der Waals surface area contributed by atoms with Gasteiger partial charge in [0.25, 0.3) is 0 Å². The minimum atomic E-state index is -1.10. The van der Waals surface area contributed by atoms with Gasteiger partial charge in [-0.25, -0.2) is 9.48 Å². The van der Waals surface area contributed by atoms with Gasteiger partial charge in [-0.2, -0.15) is 0 Å². The predicted molar refractivity (Wildman–Crippen MR) is 78.5 cm³/mol. The first-order valence-electron chi connectivity index (χ1n) is 6.66. The Hall–Kier alpha value is -1.88. The fraction of sp³-hybridized carbons (Fsp3) is 0.636. The third-order valence-corrected chi connectivity index (χ3v) is 6.20. The van der Waals surface area contributed by atoms with E-state index in [0.29, 0.717) is 0 Å². The van der Waals surface area contributed by atoms with Gasteiger partial charge in [-0.3, -0.25) is 9.59 Å². The van der Waals surface area contributed by atoms with Gasteiger partial charge >= 0.3 is 5.97 Å². The number of hydrogen-bond donors (Lipinski definition) is 2. The molecular formula is C11H13ClN6O4S. The number of carboxylic acids is 1. The summed E-state index contributed by atoms with van der Waals surface area (Å²) in [7, 11) is 0. The zero-order valence-electron chi connectivity index (χ0n) is 11.9. The van der Waals surface area contributed by atoms with Crippen molar-refractivity contribution in [2.45, 2.75) is 35.7 Å². The normalized spacial score (nSPS) is 32.3. The van der Waals surface area contributed by atoms with E-state index in [0.717, 1.165) is 0 Å². The number of tetrazole rings is 1. The fourth-order valence-electron chi connectivity index (χ4n) is 2.76. The quantitative estimate of drug-likeness (QED) is 0.480. The second-order valence-electron chi connectivity index (χ2n) is 5.49. The molecule has 0 saturated carbocycles. The molecule has 23 heavy (non-hydrogen) atoms. The van der Waals surface area contributed by atoms with E-state index in [1.54, 1.807) is 6.92 Å². The maximum Gasteiger partial charge on any atom is 0.327 e. The Bertz CT molecular complexity index is 657. The summed E-state index contributed by atoms with van der Waals surface area (Å²) < 4.78 is 0.421. The number of aromatic nitrogens is 4. The largest absolute Gasteiger partial charge is 0.480 e. The number of amides is 2.